The zero-order valence-corrected chi connectivity index (χ0v) is 12.8. The molecule has 0 spiro atoms. The molecule has 0 aromatic carbocycles. The van der Waals surface area contributed by atoms with Gasteiger partial charge in [-0.3, -0.25) is 9.69 Å². The van der Waals surface area contributed by atoms with E-state index >= 15 is 0 Å². The van der Waals surface area contributed by atoms with Crippen LogP contribution in [0.5, 0.6) is 0 Å². The van der Waals surface area contributed by atoms with Crippen LogP contribution in [-0.4, -0.2) is 29.9 Å². The Morgan fingerprint density at radius 1 is 1.11 bits per heavy atom. The Hall–Kier alpha value is -0.570. The highest BCUT2D eigenvalue weighted by molar-refractivity contribution is 5.76. The topological polar surface area (TPSA) is 46.3 Å². The molecule has 2 rings (SSSR count). The van der Waals surface area contributed by atoms with E-state index in [2.05, 4.69) is 25.7 Å². The molecule has 1 aliphatic heterocycles. The lowest BCUT2D eigenvalue weighted by atomic mass is 9.71. The van der Waals surface area contributed by atoms with E-state index in [4.69, 9.17) is 5.73 Å². The minimum Gasteiger partial charge on any atom is -0.369 e. The number of amides is 1. The molecule has 1 aliphatic carbocycles. The zero-order valence-electron chi connectivity index (χ0n) is 12.8. The fourth-order valence-electron chi connectivity index (χ4n) is 3.88. The Balaban J connectivity index is 1.86. The van der Waals surface area contributed by atoms with Crippen molar-refractivity contribution in [2.45, 2.75) is 65.3 Å². The largest absolute Gasteiger partial charge is 0.369 e. The third-order valence-electron chi connectivity index (χ3n) is 5.29. The monoisotopic (exact) mass is 266 g/mol. The Kier molecular flexibility index (Phi) is 4.54. The molecule has 19 heavy (non-hydrogen) atoms. The summed E-state index contributed by atoms with van der Waals surface area (Å²) in [5, 5.41) is 0. The third kappa shape index (κ3) is 3.71. The van der Waals surface area contributed by atoms with Crippen molar-refractivity contribution in [3.8, 4) is 0 Å². The van der Waals surface area contributed by atoms with Crippen LogP contribution in [0.4, 0.5) is 0 Å². The molecule has 1 atom stereocenters. The molecule has 1 heterocycles. The van der Waals surface area contributed by atoms with Gasteiger partial charge in [-0.25, -0.2) is 0 Å². The molecule has 0 radical (unpaired) electrons. The van der Waals surface area contributed by atoms with E-state index in [0.717, 1.165) is 31.8 Å². The second-order valence-corrected chi connectivity index (χ2v) is 7.61. The lowest BCUT2D eigenvalue weighted by Crippen LogP contribution is -2.47. The molecule has 0 aromatic rings. The van der Waals surface area contributed by atoms with Crippen molar-refractivity contribution in [3.63, 3.8) is 0 Å². The lowest BCUT2D eigenvalue weighted by molar-refractivity contribution is -0.123. The first-order chi connectivity index (χ1) is 8.88. The molecular formula is C16H30N2O. The fourth-order valence-corrected chi connectivity index (χ4v) is 3.88. The van der Waals surface area contributed by atoms with Crippen molar-refractivity contribution in [2.24, 2.45) is 23.0 Å². The van der Waals surface area contributed by atoms with Crippen LogP contribution in [0.2, 0.25) is 0 Å². The maximum Gasteiger partial charge on any atom is 0.221 e. The molecular weight excluding hydrogens is 236 g/mol. The Morgan fingerprint density at radius 2 is 1.74 bits per heavy atom. The number of piperidine rings is 1. The van der Waals surface area contributed by atoms with Crippen molar-refractivity contribution in [2.75, 3.05) is 13.1 Å². The van der Waals surface area contributed by atoms with Gasteiger partial charge in [0, 0.05) is 12.6 Å². The van der Waals surface area contributed by atoms with Crippen LogP contribution in [0.15, 0.2) is 0 Å². The highest BCUT2D eigenvalue weighted by Crippen LogP contribution is 2.39. The molecule has 2 N–H and O–H groups in total. The highest BCUT2D eigenvalue weighted by atomic mass is 16.1. The van der Waals surface area contributed by atoms with E-state index in [1.54, 1.807) is 0 Å². The number of nitrogens with zero attached hydrogens (tertiary/aromatic N) is 1. The summed E-state index contributed by atoms with van der Waals surface area (Å²) in [6.45, 7) is 9.15. The van der Waals surface area contributed by atoms with Gasteiger partial charge >= 0.3 is 0 Å². The predicted molar refractivity (Wildman–Crippen MR) is 78.7 cm³/mol. The highest BCUT2D eigenvalue weighted by Gasteiger charge is 2.34. The number of carbonyl (C=O) groups excluding carboxylic acids is 1. The van der Waals surface area contributed by atoms with Crippen LogP contribution in [-0.2, 0) is 4.79 Å². The fraction of sp³-hybridized carbons (Fsp3) is 0.938. The van der Waals surface area contributed by atoms with E-state index in [1.165, 1.54) is 25.7 Å². The van der Waals surface area contributed by atoms with E-state index in [9.17, 15) is 4.79 Å². The molecule has 1 saturated heterocycles. The van der Waals surface area contributed by atoms with Crippen LogP contribution >= 0.6 is 0 Å². The summed E-state index contributed by atoms with van der Waals surface area (Å²) < 4.78 is 0. The summed E-state index contributed by atoms with van der Waals surface area (Å²) in [5.74, 6) is 0.850. The van der Waals surface area contributed by atoms with E-state index < -0.39 is 0 Å². The first kappa shape index (κ1) is 14.8. The molecule has 3 nitrogen and oxygen atoms in total. The van der Waals surface area contributed by atoms with Crippen molar-refractivity contribution < 1.29 is 4.79 Å². The van der Waals surface area contributed by atoms with Gasteiger partial charge in [0.1, 0.15) is 0 Å². The first-order valence-corrected chi connectivity index (χ1v) is 7.91. The normalized spacial score (nSPS) is 34.2. The maximum atomic E-state index is 11.4. The summed E-state index contributed by atoms with van der Waals surface area (Å²) in [6.07, 6.45) is 7.40. The van der Waals surface area contributed by atoms with Crippen molar-refractivity contribution >= 4 is 5.91 Å². The Bertz CT molecular complexity index is 313. The van der Waals surface area contributed by atoms with Gasteiger partial charge in [0.25, 0.3) is 0 Å². The first-order valence-electron chi connectivity index (χ1n) is 7.91. The summed E-state index contributed by atoms with van der Waals surface area (Å²) in [5.41, 5.74) is 5.92. The van der Waals surface area contributed by atoms with E-state index in [0.29, 0.717) is 11.5 Å². The van der Waals surface area contributed by atoms with Crippen LogP contribution in [0.25, 0.3) is 0 Å². The lowest BCUT2D eigenvalue weighted by Gasteiger charge is -2.43. The van der Waals surface area contributed by atoms with Crippen LogP contribution in [0.1, 0.15) is 59.3 Å². The molecule has 0 aromatic heterocycles. The van der Waals surface area contributed by atoms with Gasteiger partial charge in [0.05, 0.1) is 5.92 Å². The van der Waals surface area contributed by atoms with Gasteiger partial charge in [-0.1, -0.05) is 20.8 Å². The number of likely N-dealkylation sites (tertiary alicyclic amines) is 1. The second kappa shape index (κ2) is 5.82. The second-order valence-electron chi connectivity index (χ2n) is 7.61. The molecule has 1 unspecified atom stereocenters. The molecule has 0 bridgehead atoms. The molecule has 3 heteroatoms. The van der Waals surface area contributed by atoms with Crippen molar-refractivity contribution in [3.05, 3.63) is 0 Å². The van der Waals surface area contributed by atoms with Gasteiger partial charge < -0.3 is 5.73 Å². The van der Waals surface area contributed by atoms with Gasteiger partial charge in [-0.2, -0.15) is 0 Å². The van der Waals surface area contributed by atoms with E-state index in [-0.39, 0.29) is 11.8 Å². The van der Waals surface area contributed by atoms with Crippen LogP contribution < -0.4 is 5.73 Å². The summed E-state index contributed by atoms with van der Waals surface area (Å²) >= 11 is 0. The van der Waals surface area contributed by atoms with E-state index in [1.807, 2.05) is 0 Å². The van der Waals surface area contributed by atoms with Crippen LogP contribution in [0.3, 0.4) is 0 Å². The quantitative estimate of drug-likeness (QED) is 0.835. The maximum absolute atomic E-state index is 11.4. The number of hydrogen-bond donors (Lipinski definition) is 1. The Labute approximate surface area is 117 Å². The van der Waals surface area contributed by atoms with Gasteiger partial charge in [-0.05, 0) is 56.4 Å². The predicted octanol–water partition coefficient (Wildman–Crippen LogP) is 2.79. The van der Waals surface area contributed by atoms with Crippen molar-refractivity contribution in [1.29, 1.82) is 0 Å². The minimum atomic E-state index is -0.104. The summed E-state index contributed by atoms with van der Waals surface area (Å²) in [7, 11) is 0. The van der Waals surface area contributed by atoms with Crippen LogP contribution in [0, 0.1) is 17.3 Å². The molecule has 2 fully saturated rings. The van der Waals surface area contributed by atoms with Crippen molar-refractivity contribution in [1.82, 2.24) is 4.90 Å². The number of rotatable bonds is 2. The zero-order chi connectivity index (χ0) is 14.0. The SMILES string of the molecule is CC(C)(C)C1CCC(N2CCCC(C(N)=O)C2)CC1. The molecule has 110 valence electrons. The number of hydrogen-bond acceptors (Lipinski definition) is 2. The average Bonchev–Trinajstić information content (AvgIpc) is 2.38. The standard InChI is InChI=1S/C16H30N2O/c1-16(2,3)13-6-8-14(9-7-13)18-10-4-5-12(11-18)15(17)19/h12-14H,4-11H2,1-3H3,(H2,17,19). The number of primary amides is 1. The number of nitrogens with two attached hydrogens (primary N) is 1. The molecule has 2 aliphatic rings. The summed E-state index contributed by atoms with van der Waals surface area (Å²) in [6, 6.07) is 0.695. The van der Waals surface area contributed by atoms with Gasteiger partial charge in [0.2, 0.25) is 5.91 Å². The minimum absolute atomic E-state index is 0.0917. The molecule has 1 saturated carbocycles. The average molecular weight is 266 g/mol. The Morgan fingerprint density at radius 3 is 2.26 bits per heavy atom. The summed E-state index contributed by atoms with van der Waals surface area (Å²) in [4.78, 5) is 13.9. The number of carbonyl (C=O) groups is 1. The third-order valence-corrected chi connectivity index (χ3v) is 5.29. The molecule has 1 amide bonds. The van der Waals surface area contributed by atoms with Gasteiger partial charge in [0.15, 0.2) is 0 Å². The van der Waals surface area contributed by atoms with Gasteiger partial charge in [-0.15, -0.1) is 0 Å². The smallest absolute Gasteiger partial charge is 0.221 e.